The minimum absolute atomic E-state index is 0.152. The summed E-state index contributed by atoms with van der Waals surface area (Å²) in [6.07, 6.45) is 3.03. The van der Waals surface area contributed by atoms with Crippen LogP contribution in [-0.4, -0.2) is 18.4 Å². The van der Waals surface area contributed by atoms with Crippen LogP contribution in [0.4, 0.5) is 0 Å². The molecule has 0 bridgehead atoms. The molecule has 5 heteroatoms. The molecule has 0 saturated heterocycles. The third-order valence-electron chi connectivity index (χ3n) is 3.38. The van der Waals surface area contributed by atoms with Crippen LogP contribution in [0.1, 0.15) is 35.5 Å². The average Bonchev–Trinajstić information content (AvgIpc) is 3.05. The Morgan fingerprint density at radius 3 is 2.54 bits per heavy atom. The molecule has 1 heterocycles. The van der Waals surface area contributed by atoms with Gasteiger partial charge in [-0.15, -0.1) is 0 Å². The van der Waals surface area contributed by atoms with E-state index >= 15 is 0 Å². The second-order valence-electron chi connectivity index (χ2n) is 5.95. The van der Waals surface area contributed by atoms with E-state index < -0.39 is 0 Å². The Hall–Kier alpha value is -2.82. The number of hydrogen-bond acceptors (Lipinski definition) is 3. The first-order valence-electron chi connectivity index (χ1n) is 7.87. The van der Waals surface area contributed by atoms with E-state index in [1.807, 2.05) is 32.9 Å². The van der Waals surface area contributed by atoms with E-state index in [1.165, 1.54) is 12.3 Å². The van der Waals surface area contributed by atoms with Crippen molar-refractivity contribution in [1.29, 1.82) is 0 Å². The van der Waals surface area contributed by atoms with Crippen molar-refractivity contribution in [2.45, 2.75) is 20.8 Å². The summed E-state index contributed by atoms with van der Waals surface area (Å²) in [6, 6.07) is 10.7. The predicted molar refractivity (Wildman–Crippen MR) is 93.2 cm³/mol. The molecule has 0 radical (unpaired) electrons. The fraction of sp³-hybridized carbons (Fsp3) is 0.263. The second-order valence-corrected chi connectivity index (χ2v) is 5.95. The number of aryl methyl sites for hydroxylation is 1. The first kappa shape index (κ1) is 17.5. The quantitative estimate of drug-likeness (QED) is 0.801. The summed E-state index contributed by atoms with van der Waals surface area (Å²) in [6.45, 7) is 6.38. The molecule has 0 saturated carbocycles. The SMILES string of the molecule is Cc1ccccc1C(=O)N/C(=C\c1ccco1)C(=O)NCC(C)C. The van der Waals surface area contributed by atoms with Crippen LogP contribution in [0.3, 0.4) is 0 Å². The monoisotopic (exact) mass is 326 g/mol. The van der Waals surface area contributed by atoms with E-state index in [1.54, 1.807) is 24.3 Å². The molecule has 0 spiro atoms. The summed E-state index contributed by atoms with van der Waals surface area (Å²) in [5, 5.41) is 5.49. The molecule has 0 unspecified atom stereocenters. The van der Waals surface area contributed by atoms with Crippen LogP contribution in [0.2, 0.25) is 0 Å². The lowest BCUT2D eigenvalue weighted by atomic mass is 10.1. The van der Waals surface area contributed by atoms with Gasteiger partial charge >= 0.3 is 0 Å². The smallest absolute Gasteiger partial charge is 0.267 e. The van der Waals surface area contributed by atoms with Crippen LogP contribution in [-0.2, 0) is 4.79 Å². The maximum atomic E-state index is 12.5. The Bertz CT molecular complexity index is 731. The fourth-order valence-corrected chi connectivity index (χ4v) is 2.08. The summed E-state index contributed by atoms with van der Waals surface area (Å²) in [5.74, 6) is 0.133. The lowest BCUT2D eigenvalue weighted by Crippen LogP contribution is -2.36. The molecule has 2 rings (SSSR count). The highest BCUT2D eigenvalue weighted by molar-refractivity contribution is 6.05. The molecule has 5 nitrogen and oxygen atoms in total. The van der Waals surface area contributed by atoms with Gasteiger partial charge in [0.15, 0.2) is 0 Å². The molecule has 126 valence electrons. The van der Waals surface area contributed by atoms with Crippen molar-refractivity contribution >= 4 is 17.9 Å². The summed E-state index contributed by atoms with van der Waals surface area (Å²) in [4.78, 5) is 24.9. The van der Waals surface area contributed by atoms with E-state index in [0.29, 0.717) is 23.8 Å². The van der Waals surface area contributed by atoms with Gasteiger partial charge in [0.05, 0.1) is 6.26 Å². The second kappa shape index (κ2) is 8.15. The molecule has 0 aliphatic carbocycles. The van der Waals surface area contributed by atoms with Crippen LogP contribution in [0, 0.1) is 12.8 Å². The van der Waals surface area contributed by atoms with Gasteiger partial charge in [-0.25, -0.2) is 0 Å². The van der Waals surface area contributed by atoms with Gasteiger partial charge in [-0.1, -0.05) is 32.0 Å². The number of amides is 2. The maximum absolute atomic E-state index is 12.5. The van der Waals surface area contributed by atoms with Gasteiger partial charge in [0.2, 0.25) is 0 Å². The normalized spacial score (nSPS) is 11.4. The molecule has 0 atom stereocenters. The van der Waals surface area contributed by atoms with Gasteiger partial charge in [0.25, 0.3) is 11.8 Å². The number of benzene rings is 1. The van der Waals surface area contributed by atoms with Gasteiger partial charge in [-0.2, -0.15) is 0 Å². The van der Waals surface area contributed by atoms with Crippen LogP contribution >= 0.6 is 0 Å². The molecule has 2 N–H and O–H groups in total. The largest absolute Gasteiger partial charge is 0.465 e. The highest BCUT2D eigenvalue weighted by Gasteiger charge is 2.16. The molecule has 0 fully saturated rings. The van der Waals surface area contributed by atoms with Gasteiger partial charge in [0, 0.05) is 18.2 Å². The zero-order valence-electron chi connectivity index (χ0n) is 14.1. The van der Waals surface area contributed by atoms with Gasteiger partial charge in [-0.05, 0) is 36.6 Å². The molecular formula is C19H22N2O3. The van der Waals surface area contributed by atoms with Crippen LogP contribution < -0.4 is 10.6 Å². The Morgan fingerprint density at radius 2 is 1.92 bits per heavy atom. The fourth-order valence-electron chi connectivity index (χ4n) is 2.08. The first-order chi connectivity index (χ1) is 11.5. The predicted octanol–water partition coefficient (Wildman–Crippen LogP) is 3.13. The van der Waals surface area contributed by atoms with Gasteiger partial charge < -0.3 is 15.1 Å². The molecule has 2 aromatic rings. The van der Waals surface area contributed by atoms with Gasteiger partial charge in [0.1, 0.15) is 11.5 Å². The Kier molecular flexibility index (Phi) is 5.95. The zero-order chi connectivity index (χ0) is 17.5. The molecule has 0 aliphatic rings. The summed E-state index contributed by atoms with van der Waals surface area (Å²) in [7, 11) is 0. The maximum Gasteiger partial charge on any atom is 0.267 e. The Labute approximate surface area is 141 Å². The molecule has 1 aromatic carbocycles. The summed E-state index contributed by atoms with van der Waals surface area (Å²) >= 11 is 0. The van der Waals surface area contributed by atoms with E-state index in [0.717, 1.165) is 5.56 Å². The minimum atomic E-state index is -0.345. The van der Waals surface area contributed by atoms with Crippen molar-refractivity contribution in [2.75, 3.05) is 6.54 Å². The average molecular weight is 326 g/mol. The lowest BCUT2D eigenvalue weighted by Gasteiger charge is -2.12. The Balaban J connectivity index is 2.21. The number of hydrogen-bond donors (Lipinski definition) is 2. The number of nitrogens with one attached hydrogen (secondary N) is 2. The van der Waals surface area contributed by atoms with E-state index in [-0.39, 0.29) is 17.5 Å². The number of rotatable bonds is 6. The number of furan rings is 1. The number of carbonyl (C=O) groups is 2. The third kappa shape index (κ3) is 4.84. The third-order valence-corrected chi connectivity index (χ3v) is 3.38. The van der Waals surface area contributed by atoms with Crippen molar-refractivity contribution in [2.24, 2.45) is 5.92 Å². The lowest BCUT2D eigenvalue weighted by molar-refractivity contribution is -0.117. The highest BCUT2D eigenvalue weighted by atomic mass is 16.3. The van der Waals surface area contributed by atoms with E-state index in [9.17, 15) is 9.59 Å². The molecule has 0 aliphatic heterocycles. The summed E-state index contributed by atoms with van der Waals surface area (Å²) < 4.78 is 5.24. The number of carbonyl (C=O) groups excluding carboxylic acids is 2. The first-order valence-corrected chi connectivity index (χ1v) is 7.87. The van der Waals surface area contributed by atoms with Crippen molar-refractivity contribution in [3.8, 4) is 0 Å². The molecule has 24 heavy (non-hydrogen) atoms. The van der Waals surface area contributed by atoms with E-state index in [4.69, 9.17) is 4.42 Å². The van der Waals surface area contributed by atoms with Crippen molar-refractivity contribution in [1.82, 2.24) is 10.6 Å². The minimum Gasteiger partial charge on any atom is -0.465 e. The van der Waals surface area contributed by atoms with Gasteiger partial charge in [-0.3, -0.25) is 9.59 Å². The van der Waals surface area contributed by atoms with Crippen molar-refractivity contribution < 1.29 is 14.0 Å². The van der Waals surface area contributed by atoms with Crippen molar-refractivity contribution in [3.05, 3.63) is 65.2 Å². The summed E-state index contributed by atoms with van der Waals surface area (Å²) in [5.41, 5.74) is 1.52. The van der Waals surface area contributed by atoms with Crippen molar-refractivity contribution in [3.63, 3.8) is 0 Å². The molecule has 1 aromatic heterocycles. The zero-order valence-corrected chi connectivity index (χ0v) is 14.1. The molecule has 2 amide bonds. The topological polar surface area (TPSA) is 71.3 Å². The van der Waals surface area contributed by atoms with Crippen LogP contribution in [0.5, 0.6) is 0 Å². The van der Waals surface area contributed by atoms with E-state index in [2.05, 4.69) is 10.6 Å². The van der Waals surface area contributed by atoms with Crippen LogP contribution in [0.25, 0.3) is 6.08 Å². The van der Waals surface area contributed by atoms with Crippen LogP contribution in [0.15, 0.2) is 52.8 Å². The Morgan fingerprint density at radius 1 is 1.17 bits per heavy atom. The highest BCUT2D eigenvalue weighted by Crippen LogP contribution is 2.10. The standard InChI is InChI=1S/C19H22N2O3/c1-13(2)12-20-19(23)17(11-15-8-6-10-24-15)21-18(22)16-9-5-4-7-14(16)3/h4-11,13H,12H2,1-3H3,(H,20,23)(H,21,22)/b17-11-. The molecular weight excluding hydrogens is 304 g/mol.